The SMILES string of the molecule is COc1ccc([C@@H](c2c(S)n(Cc3ccc(F)cc3)c(=O)[nH]c2=O)c2c(O)n(Cc3ccc(F)cc3)c(=S)[nH]c2=O)cc1CN1C[C@@H]2C[C@H](C1)c1cccc(=O)n1C2. The van der Waals surface area contributed by atoms with Crippen molar-refractivity contribution in [2.24, 2.45) is 5.92 Å². The molecule has 1 fully saturated rings. The minimum absolute atomic E-state index is 0.00934. The normalized spacial score (nSPS) is 16.8. The number of piperidine rings is 1. The molecule has 2 aliphatic heterocycles. The second-order valence-corrected chi connectivity index (χ2v) is 15.6. The molecule has 5 heterocycles. The van der Waals surface area contributed by atoms with E-state index in [1.54, 1.807) is 37.4 Å². The molecule has 1 saturated heterocycles. The highest BCUT2D eigenvalue weighted by Gasteiger charge is 2.36. The lowest BCUT2D eigenvalue weighted by Crippen LogP contribution is -2.46. The van der Waals surface area contributed by atoms with Gasteiger partial charge >= 0.3 is 5.69 Å². The Labute approximate surface area is 340 Å². The van der Waals surface area contributed by atoms with Crippen LogP contribution in [0.15, 0.2) is 109 Å². The van der Waals surface area contributed by atoms with E-state index in [1.807, 2.05) is 10.6 Å². The number of hydrogen-bond acceptors (Lipinski definition) is 9. The number of nitrogens with one attached hydrogen (secondary N) is 2. The third-order valence-electron chi connectivity index (χ3n) is 11.1. The average Bonchev–Trinajstić information content (AvgIpc) is 3.19. The molecule has 8 rings (SSSR count). The predicted molar refractivity (Wildman–Crippen MR) is 218 cm³/mol. The van der Waals surface area contributed by atoms with Crippen LogP contribution in [0, 0.1) is 22.3 Å². The molecule has 0 aliphatic carbocycles. The number of thiol groups is 1. The van der Waals surface area contributed by atoms with Crippen molar-refractivity contribution in [2.75, 3.05) is 20.2 Å². The van der Waals surface area contributed by atoms with E-state index in [1.165, 1.54) is 57.7 Å². The zero-order valence-corrected chi connectivity index (χ0v) is 32.9. The van der Waals surface area contributed by atoms with E-state index in [0.717, 1.165) is 17.7 Å². The highest BCUT2D eigenvalue weighted by atomic mass is 32.1. The Hall–Kier alpha value is -5.84. The van der Waals surface area contributed by atoms with Gasteiger partial charge in [-0.3, -0.25) is 38.4 Å². The number of benzene rings is 3. The van der Waals surface area contributed by atoms with Crippen LogP contribution in [0.2, 0.25) is 0 Å². The highest BCUT2D eigenvalue weighted by molar-refractivity contribution is 7.80. The lowest BCUT2D eigenvalue weighted by Gasteiger charge is -2.43. The fourth-order valence-corrected chi connectivity index (χ4v) is 9.09. The Morgan fingerprint density at radius 1 is 0.828 bits per heavy atom. The standard InChI is InChI=1S/C42H38F2N6O6S2/c1-56-32-14-9-26(16-28(32)22-47-17-25-15-27(21-47)31-3-2-4-33(51)48(31)20-25)34(35-37(52)46-42(58)49(39(35)54)18-23-5-10-29(43)11-6-23)36-38(53)45-41(55)50(40(36)57)19-24-7-12-30(44)13-8-24/h2-14,16,25,27,34,54,57H,15,17-22H2,1H3,(H,45,53,55)(H,46,52,58)/t25-,27+,34+/m0/s1. The fraction of sp³-hybridized carbons (Fsp3) is 0.262. The fourth-order valence-electron chi connectivity index (χ4n) is 8.45. The lowest BCUT2D eigenvalue weighted by molar-refractivity contribution is 0.113. The number of ether oxygens (including phenoxy) is 1. The van der Waals surface area contributed by atoms with Gasteiger partial charge in [0.25, 0.3) is 16.7 Å². The van der Waals surface area contributed by atoms with E-state index in [9.17, 15) is 33.1 Å². The van der Waals surface area contributed by atoms with E-state index in [4.69, 9.17) is 29.6 Å². The third-order valence-corrected chi connectivity index (χ3v) is 11.9. The summed E-state index contributed by atoms with van der Waals surface area (Å²) in [6.45, 7) is 2.26. The monoisotopic (exact) mass is 824 g/mol. The van der Waals surface area contributed by atoms with Gasteiger partial charge in [0.15, 0.2) is 4.77 Å². The van der Waals surface area contributed by atoms with Gasteiger partial charge in [-0.25, -0.2) is 13.6 Å². The minimum atomic E-state index is -1.33. The summed E-state index contributed by atoms with van der Waals surface area (Å²) in [5, 5.41) is 12.0. The molecule has 3 aromatic carbocycles. The average molecular weight is 825 g/mol. The number of hydrogen-bond donors (Lipinski definition) is 4. The molecule has 0 saturated carbocycles. The summed E-state index contributed by atoms with van der Waals surface area (Å²) in [5.41, 5.74) is 0.396. The van der Waals surface area contributed by atoms with Gasteiger partial charge in [0.05, 0.1) is 42.3 Å². The summed E-state index contributed by atoms with van der Waals surface area (Å²) >= 11 is 10.2. The maximum atomic E-state index is 14.1. The number of H-pyrrole nitrogens is 2. The van der Waals surface area contributed by atoms with E-state index >= 15 is 0 Å². The predicted octanol–water partition coefficient (Wildman–Crippen LogP) is 5.09. The van der Waals surface area contributed by atoms with Gasteiger partial charge in [0, 0.05) is 49.4 Å². The minimum Gasteiger partial charge on any atom is -0.496 e. The van der Waals surface area contributed by atoms with E-state index in [-0.39, 0.29) is 51.4 Å². The first-order chi connectivity index (χ1) is 27.9. The Balaban J connectivity index is 1.28. The molecule has 12 nitrogen and oxygen atoms in total. The summed E-state index contributed by atoms with van der Waals surface area (Å²) in [7, 11) is 1.54. The summed E-state index contributed by atoms with van der Waals surface area (Å²) in [4.78, 5) is 61.5. The van der Waals surface area contributed by atoms with Crippen molar-refractivity contribution in [3.8, 4) is 11.6 Å². The van der Waals surface area contributed by atoms with Crippen LogP contribution in [0.25, 0.3) is 0 Å². The van der Waals surface area contributed by atoms with Crippen LogP contribution in [-0.4, -0.2) is 53.9 Å². The largest absolute Gasteiger partial charge is 0.496 e. The first-order valence-electron chi connectivity index (χ1n) is 18.6. The van der Waals surface area contributed by atoms with Crippen LogP contribution in [-0.2, 0) is 26.2 Å². The number of fused-ring (bicyclic) bond motifs is 4. The maximum Gasteiger partial charge on any atom is 0.329 e. The first-order valence-corrected chi connectivity index (χ1v) is 19.4. The van der Waals surface area contributed by atoms with Crippen molar-refractivity contribution in [1.82, 2.24) is 28.6 Å². The number of methoxy groups -OCH3 is 1. The molecule has 0 radical (unpaired) electrons. The van der Waals surface area contributed by atoms with Gasteiger partial charge in [-0.2, -0.15) is 0 Å². The molecular formula is C42H38F2N6O6S2. The van der Waals surface area contributed by atoms with Crippen molar-refractivity contribution in [2.45, 2.75) is 49.5 Å². The molecule has 298 valence electrons. The molecular weight excluding hydrogens is 787 g/mol. The van der Waals surface area contributed by atoms with Crippen molar-refractivity contribution in [3.05, 3.63) is 182 Å². The molecule has 0 spiro atoms. The van der Waals surface area contributed by atoms with Crippen LogP contribution in [0.4, 0.5) is 8.78 Å². The van der Waals surface area contributed by atoms with Gasteiger partial charge in [-0.1, -0.05) is 36.4 Å². The third kappa shape index (κ3) is 7.50. The zero-order valence-electron chi connectivity index (χ0n) is 31.2. The molecule has 3 atom stereocenters. The summed E-state index contributed by atoms with van der Waals surface area (Å²) in [6, 6.07) is 21.6. The highest BCUT2D eigenvalue weighted by Crippen LogP contribution is 2.40. The number of aromatic amines is 2. The van der Waals surface area contributed by atoms with Gasteiger partial charge < -0.3 is 14.4 Å². The van der Waals surface area contributed by atoms with Crippen molar-refractivity contribution < 1.29 is 18.6 Å². The number of nitrogens with zero attached hydrogens (tertiary/aromatic N) is 4. The van der Waals surface area contributed by atoms with E-state index < -0.39 is 40.2 Å². The molecule has 3 N–H and O–H groups in total. The molecule has 58 heavy (non-hydrogen) atoms. The van der Waals surface area contributed by atoms with Crippen LogP contribution < -0.4 is 27.1 Å². The van der Waals surface area contributed by atoms with Crippen molar-refractivity contribution in [3.63, 3.8) is 0 Å². The molecule has 16 heteroatoms. The summed E-state index contributed by atoms with van der Waals surface area (Å²) in [5.74, 6) is -1.90. The Bertz CT molecular complexity index is 2730. The van der Waals surface area contributed by atoms with Crippen molar-refractivity contribution >= 4 is 24.8 Å². The number of pyridine rings is 1. The number of rotatable bonds is 10. The van der Waals surface area contributed by atoms with Crippen LogP contribution in [0.3, 0.4) is 0 Å². The Morgan fingerprint density at radius 2 is 1.48 bits per heavy atom. The second kappa shape index (κ2) is 15.8. The molecule has 0 unspecified atom stereocenters. The quantitative estimate of drug-likeness (QED) is 0.0849. The van der Waals surface area contributed by atoms with Gasteiger partial charge in [-0.05, 0) is 83.7 Å². The number of aromatic nitrogens is 5. The van der Waals surface area contributed by atoms with Crippen LogP contribution in [0.5, 0.6) is 11.6 Å². The molecule has 3 aromatic heterocycles. The molecule has 2 bridgehead atoms. The van der Waals surface area contributed by atoms with Crippen LogP contribution >= 0.6 is 24.8 Å². The number of halogens is 2. The van der Waals surface area contributed by atoms with E-state index in [0.29, 0.717) is 48.6 Å². The number of aromatic hydroxyl groups is 1. The topological polar surface area (TPSA) is 147 Å². The van der Waals surface area contributed by atoms with Gasteiger partial charge in [0.2, 0.25) is 5.88 Å². The smallest absolute Gasteiger partial charge is 0.329 e. The number of likely N-dealkylation sites (tertiary alicyclic amines) is 1. The Kier molecular flexibility index (Phi) is 10.6. The summed E-state index contributed by atoms with van der Waals surface area (Å²) < 4.78 is 37.7. The lowest BCUT2D eigenvalue weighted by atomic mass is 9.82. The maximum absolute atomic E-state index is 14.1. The van der Waals surface area contributed by atoms with Gasteiger partial charge in [-0.15, -0.1) is 12.6 Å². The summed E-state index contributed by atoms with van der Waals surface area (Å²) in [6.07, 6.45) is 0.957. The molecule has 6 aromatic rings. The zero-order chi connectivity index (χ0) is 40.8. The van der Waals surface area contributed by atoms with Gasteiger partial charge in [0.1, 0.15) is 17.4 Å². The van der Waals surface area contributed by atoms with E-state index in [2.05, 4.69) is 14.9 Å². The van der Waals surface area contributed by atoms with Crippen LogP contribution in [0.1, 0.15) is 57.3 Å². The molecule has 2 aliphatic rings. The van der Waals surface area contributed by atoms with Crippen molar-refractivity contribution in [1.29, 1.82) is 0 Å². The second-order valence-electron chi connectivity index (χ2n) is 14.8. The molecule has 0 amide bonds. The Morgan fingerprint density at radius 3 is 2.16 bits per heavy atom. The first kappa shape index (κ1) is 39.0.